The number of ketones is 2. The van der Waals surface area contributed by atoms with Gasteiger partial charge in [0.05, 0.1) is 19.0 Å². The van der Waals surface area contributed by atoms with Gasteiger partial charge in [-0.05, 0) is 67.3 Å². The van der Waals surface area contributed by atoms with E-state index in [1.54, 1.807) is 18.2 Å². The Morgan fingerprint density at radius 1 is 1.16 bits per heavy atom. The summed E-state index contributed by atoms with van der Waals surface area (Å²) in [5.74, 6) is -2.02. The average molecular weight is 438 g/mol. The van der Waals surface area contributed by atoms with Crippen molar-refractivity contribution in [2.75, 3.05) is 18.0 Å². The molecule has 1 aliphatic carbocycles. The number of amides is 2. The third kappa shape index (κ3) is 4.39. The fraction of sp³-hybridized carbons (Fsp3) is 0.333. The van der Waals surface area contributed by atoms with Crippen LogP contribution in [0.25, 0.3) is 0 Å². The summed E-state index contributed by atoms with van der Waals surface area (Å²) in [7, 11) is 0. The van der Waals surface area contributed by atoms with E-state index in [1.807, 2.05) is 0 Å². The molecular weight excluding hydrogens is 415 g/mol. The lowest BCUT2D eigenvalue weighted by molar-refractivity contribution is -0.119. The number of halogens is 1. The third-order valence-corrected chi connectivity index (χ3v) is 5.82. The number of nitrogens with zero attached hydrogens (tertiary/aromatic N) is 1. The second-order valence-corrected chi connectivity index (χ2v) is 8.08. The van der Waals surface area contributed by atoms with Crippen LogP contribution in [0.4, 0.5) is 14.9 Å². The van der Waals surface area contributed by atoms with Crippen molar-refractivity contribution in [3.63, 3.8) is 0 Å². The van der Waals surface area contributed by atoms with E-state index < -0.39 is 23.9 Å². The second kappa shape index (κ2) is 8.90. The monoisotopic (exact) mass is 438 g/mol. The van der Waals surface area contributed by atoms with Crippen LogP contribution in [0.3, 0.4) is 0 Å². The number of cyclic esters (lactones) is 1. The normalized spacial score (nSPS) is 20.4. The van der Waals surface area contributed by atoms with E-state index in [9.17, 15) is 23.6 Å². The Hall–Kier alpha value is -3.55. The average Bonchev–Trinajstić information content (AvgIpc) is 3.06. The summed E-state index contributed by atoms with van der Waals surface area (Å²) in [6.07, 6.45) is 0.674. The van der Waals surface area contributed by atoms with Gasteiger partial charge in [-0.3, -0.25) is 19.3 Å². The van der Waals surface area contributed by atoms with Crippen LogP contribution in [0.5, 0.6) is 0 Å². The van der Waals surface area contributed by atoms with Gasteiger partial charge in [0, 0.05) is 23.7 Å². The van der Waals surface area contributed by atoms with Crippen LogP contribution in [0.1, 0.15) is 46.0 Å². The molecule has 1 heterocycles. The smallest absolute Gasteiger partial charge is 0.414 e. The minimum Gasteiger partial charge on any atom is -0.442 e. The molecule has 0 bridgehead atoms. The van der Waals surface area contributed by atoms with Crippen LogP contribution in [-0.4, -0.2) is 42.8 Å². The number of anilines is 1. The van der Waals surface area contributed by atoms with E-state index >= 15 is 0 Å². The first-order valence-electron chi connectivity index (χ1n) is 10.5. The molecule has 2 aromatic rings. The fourth-order valence-corrected chi connectivity index (χ4v) is 4.17. The van der Waals surface area contributed by atoms with Gasteiger partial charge in [0.15, 0.2) is 11.6 Å². The lowest BCUT2D eigenvalue weighted by Gasteiger charge is -2.16. The fourth-order valence-electron chi connectivity index (χ4n) is 4.17. The Bertz CT molecular complexity index is 1080. The molecule has 2 amide bonds. The Morgan fingerprint density at radius 2 is 1.91 bits per heavy atom. The van der Waals surface area contributed by atoms with Gasteiger partial charge in [0.25, 0.3) is 0 Å². The van der Waals surface area contributed by atoms with Crippen molar-refractivity contribution in [1.29, 1.82) is 0 Å². The number of rotatable bonds is 5. The van der Waals surface area contributed by atoms with Gasteiger partial charge in [-0.2, -0.15) is 0 Å². The molecule has 2 aromatic carbocycles. The Labute approximate surface area is 184 Å². The number of hydrogen-bond acceptors (Lipinski definition) is 5. The zero-order valence-electron chi connectivity index (χ0n) is 17.6. The van der Waals surface area contributed by atoms with E-state index in [2.05, 4.69) is 5.32 Å². The molecule has 0 spiro atoms. The summed E-state index contributed by atoms with van der Waals surface area (Å²) in [5.41, 5.74) is 2.17. The summed E-state index contributed by atoms with van der Waals surface area (Å²) in [6, 6.07) is 10.3. The van der Waals surface area contributed by atoms with Crippen LogP contribution in [-0.2, 0) is 16.0 Å². The Morgan fingerprint density at radius 3 is 2.62 bits per heavy atom. The molecule has 32 heavy (non-hydrogen) atoms. The first kappa shape index (κ1) is 21.7. The highest BCUT2D eigenvalue weighted by Crippen LogP contribution is 2.31. The number of hydrogen-bond donors (Lipinski definition) is 1. The van der Waals surface area contributed by atoms with Gasteiger partial charge >= 0.3 is 6.09 Å². The zero-order chi connectivity index (χ0) is 22.8. The summed E-state index contributed by atoms with van der Waals surface area (Å²) >= 11 is 0. The summed E-state index contributed by atoms with van der Waals surface area (Å²) in [6.45, 7) is 1.91. The highest BCUT2D eigenvalue weighted by Gasteiger charge is 2.35. The van der Waals surface area contributed by atoms with Crippen molar-refractivity contribution in [1.82, 2.24) is 5.32 Å². The minimum atomic E-state index is -0.814. The van der Waals surface area contributed by atoms with Crippen molar-refractivity contribution < 1.29 is 28.3 Å². The molecule has 1 fully saturated rings. The third-order valence-electron chi connectivity index (χ3n) is 5.82. The van der Waals surface area contributed by atoms with Crippen LogP contribution in [0.2, 0.25) is 0 Å². The molecular formula is C24H23FN2O5. The Kier molecular flexibility index (Phi) is 6.03. The number of nitrogens with one attached hydrogen (secondary N) is 1. The van der Waals surface area contributed by atoms with E-state index in [0.717, 1.165) is 5.56 Å². The predicted octanol–water partition coefficient (Wildman–Crippen LogP) is 3.31. The van der Waals surface area contributed by atoms with Crippen molar-refractivity contribution in [3.05, 3.63) is 65.0 Å². The molecule has 1 aliphatic heterocycles. The first-order valence-corrected chi connectivity index (χ1v) is 10.5. The molecule has 0 radical (unpaired) electrons. The van der Waals surface area contributed by atoms with Crippen molar-refractivity contribution in [2.24, 2.45) is 5.92 Å². The van der Waals surface area contributed by atoms with Crippen LogP contribution in [0, 0.1) is 11.7 Å². The maximum Gasteiger partial charge on any atom is 0.414 e. The van der Waals surface area contributed by atoms with Crippen LogP contribution < -0.4 is 10.2 Å². The van der Waals surface area contributed by atoms with Gasteiger partial charge in [0.2, 0.25) is 5.91 Å². The molecule has 166 valence electrons. The van der Waals surface area contributed by atoms with E-state index in [1.165, 1.54) is 36.1 Å². The molecule has 8 heteroatoms. The number of benzene rings is 2. The van der Waals surface area contributed by atoms with Gasteiger partial charge in [0.1, 0.15) is 11.9 Å². The number of aryl methyl sites for hydroxylation is 1. The van der Waals surface area contributed by atoms with Gasteiger partial charge in [-0.1, -0.05) is 0 Å². The SMILES string of the molecule is CC(=O)NC[C@H]1CN(c2ccc3c(c2)CCC[C@H](C(=O)c2ccc(F)cc2)C3=O)C(=O)O1. The highest BCUT2D eigenvalue weighted by atomic mass is 19.1. The maximum atomic E-state index is 13.2. The largest absolute Gasteiger partial charge is 0.442 e. The molecule has 2 aliphatic rings. The molecule has 0 aromatic heterocycles. The molecule has 7 nitrogen and oxygen atoms in total. The van der Waals surface area contributed by atoms with Gasteiger partial charge in [-0.15, -0.1) is 0 Å². The number of ether oxygens (including phenoxy) is 1. The topological polar surface area (TPSA) is 92.8 Å². The standard InChI is InChI=1S/C24H23FN2O5/c1-14(28)26-12-19-13-27(24(31)32-19)18-9-10-20-16(11-18)3-2-4-21(23(20)30)22(29)15-5-7-17(25)8-6-15/h5-11,19,21H,2-4,12-13H2,1H3,(H,26,28)/t19-,21+/m0/s1. The quantitative estimate of drug-likeness (QED) is 0.439. The van der Waals surface area contributed by atoms with Gasteiger partial charge in [-0.25, -0.2) is 9.18 Å². The number of fused-ring (bicyclic) bond motifs is 1. The number of Topliss-reactive ketones (excluding diaryl/α,β-unsaturated/α-hetero) is 2. The van der Waals surface area contributed by atoms with Gasteiger partial charge < -0.3 is 10.1 Å². The van der Waals surface area contributed by atoms with Crippen LogP contribution in [0.15, 0.2) is 42.5 Å². The highest BCUT2D eigenvalue weighted by molar-refractivity contribution is 6.16. The van der Waals surface area contributed by atoms with E-state index in [-0.39, 0.29) is 30.6 Å². The first-order chi connectivity index (χ1) is 15.3. The Balaban J connectivity index is 1.53. The molecule has 0 saturated carbocycles. The number of carbonyl (C=O) groups excluding carboxylic acids is 4. The number of carbonyl (C=O) groups is 4. The molecule has 2 atom stereocenters. The molecule has 0 unspecified atom stereocenters. The maximum absolute atomic E-state index is 13.2. The summed E-state index contributed by atoms with van der Waals surface area (Å²) in [4.78, 5) is 51.0. The lowest BCUT2D eigenvalue weighted by atomic mass is 9.88. The summed E-state index contributed by atoms with van der Waals surface area (Å²) in [5, 5.41) is 2.64. The lowest BCUT2D eigenvalue weighted by Crippen LogP contribution is -2.33. The predicted molar refractivity (Wildman–Crippen MR) is 114 cm³/mol. The zero-order valence-corrected chi connectivity index (χ0v) is 17.6. The second-order valence-electron chi connectivity index (χ2n) is 8.08. The van der Waals surface area contributed by atoms with E-state index in [0.29, 0.717) is 36.1 Å². The van der Waals surface area contributed by atoms with Crippen molar-refractivity contribution in [2.45, 2.75) is 32.3 Å². The minimum absolute atomic E-state index is 0.201. The summed E-state index contributed by atoms with van der Waals surface area (Å²) < 4.78 is 18.5. The van der Waals surface area contributed by atoms with Crippen LogP contribution >= 0.6 is 0 Å². The molecule has 4 rings (SSSR count). The van der Waals surface area contributed by atoms with Crippen molar-refractivity contribution >= 4 is 29.3 Å². The van der Waals surface area contributed by atoms with E-state index in [4.69, 9.17) is 4.74 Å². The molecule has 1 N–H and O–H groups in total. The molecule has 1 saturated heterocycles. The van der Waals surface area contributed by atoms with Crippen molar-refractivity contribution in [3.8, 4) is 0 Å².